The maximum atomic E-state index is 13.9. The molecule has 0 radical (unpaired) electrons. The minimum atomic E-state index is -1.22. The Balaban J connectivity index is 1.35. The van der Waals surface area contributed by atoms with Crippen LogP contribution in [-0.2, 0) is 52.2 Å². The van der Waals surface area contributed by atoms with Crippen LogP contribution in [0, 0.1) is 47.3 Å². The highest BCUT2D eigenvalue weighted by atomic mass is 16.6. The largest absolute Gasteiger partial charge is 0.458 e. The summed E-state index contributed by atoms with van der Waals surface area (Å²) in [5.41, 5.74) is 1.35. The van der Waals surface area contributed by atoms with Crippen LogP contribution in [0.1, 0.15) is 199 Å². The van der Waals surface area contributed by atoms with Crippen molar-refractivity contribution in [3.8, 4) is 0 Å². The normalized spacial score (nSPS) is 39.6. The van der Waals surface area contributed by atoms with Crippen LogP contribution in [0.3, 0.4) is 0 Å². The molecule has 0 saturated carbocycles. The average molecular weight is 1380 g/mol. The summed E-state index contributed by atoms with van der Waals surface area (Å²) in [5.74, 6) is -5.87. The molecular weight excluding hydrogens is 1240 g/mol. The zero-order valence-corrected chi connectivity index (χ0v) is 61.3. The number of cyclic esters (lactones) is 2. The van der Waals surface area contributed by atoms with E-state index in [-0.39, 0.29) is 99.5 Å². The third-order valence-corrected chi connectivity index (χ3v) is 22.0. The summed E-state index contributed by atoms with van der Waals surface area (Å²) in [4.78, 5) is 27.7. The molecule has 558 valence electrons. The Bertz CT molecular complexity index is 2470. The monoisotopic (exact) mass is 1370 g/mol. The standard InChI is InChI=1S/C77H130O20/c1-44-22-28-56(78)36-58-18-16-20-60(94-58)40-66(80)50(7)67(81)42-69(83)52(9)76(54(11)74(87)46(3)26-30-62-38-64(89-13)34-48(5)92-62)96-72(85)32-24-45(2)23-29-57(79)37-59-19-17-21-61(95-59)41-71(91-15)51(8)68(82)43-70(84)53(10)77(97-73(86)33-25-44)55(12)75(88)47(4)27-31-63-39-65(90-14)35-49(6)93-63/h16-19,22-25,32-33,46-71,74-84,87-88H,20-21,26-31,34-43H2,1-15H3/t46-,47-,48-,49-,50-,51+,52-,53-,54-,55-,56-,57-,58-,59-,60-,61-,62-,63-,64+,65+,66-,67+,68+,69-,70-,71-,74+,75+,76-,77-/m0/s1. The number of carbonyl (C=O) groups excluding carboxylic acids is 2. The summed E-state index contributed by atoms with van der Waals surface area (Å²) in [6, 6.07) is 0. The molecule has 0 amide bonds. The number of fused-ring (bicyclic) bond motifs is 4. The number of rotatable bonds is 15. The Labute approximate surface area is 581 Å². The van der Waals surface area contributed by atoms with Crippen LogP contribution in [0.25, 0.3) is 0 Å². The van der Waals surface area contributed by atoms with Gasteiger partial charge in [0.15, 0.2) is 0 Å². The van der Waals surface area contributed by atoms with Gasteiger partial charge in [0.05, 0.1) is 122 Å². The number of carbonyl (C=O) groups is 2. The summed E-state index contributed by atoms with van der Waals surface area (Å²) >= 11 is 0. The summed E-state index contributed by atoms with van der Waals surface area (Å²) in [5, 5.41) is 105. The fraction of sp³-hybridized carbons (Fsp3) is 0.818. The minimum absolute atomic E-state index is 0.0332. The molecule has 9 N–H and O–H groups in total. The predicted molar refractivity (Wildman–Crippen MR) is 373 cm³/mol. The van der Waals surface area contributed by atoms with Crippen LogP contribution in [-0.4, -0.2) is 214 Å². The van der Waals surface area contributed by atoms with Crippen molar-refractivity contribution in [2.45, 2.75) is 333 Å². The van der Waals surface area contributed by atoms with E-state index < -0.39 is 139 Å². The SMILES string of the molecule is CO[C@H]1C[C@H](CC[C@H](C)[C@@H](O)[C@H](C)[C@H]2OC(=O)C=CC(C)=CC[C@H](O)C[C@@H]3C=CC[C@@H](C[C@H](O)[C@H](C)[C@H](O)C[C@H](O)[C@H](C)[C@@H]([C@@H](C)[C@H](O)[C@@H](C)CC[C@H]4C[C@H](OC)C[C@H](C)O4)OC(=O)C=CC(C)=CC[C@H](O)C[C@@H]4C=CC[C@@H](C[C@H](OC)[C@H](C)[C@H](O)C[C@H](O)[C@@H]2C)O4)O3)O[C@@H](C)C1. The fourth-order valence-corrected chi connectivity index (χ4v) is 15.1. The molecule has 0 aliphatic carbocycles. The molecular formula is C77H130O20. The molecule has 20 heteroatoms. The van der Waals surface area contributed by atoms with E-state index in [1.165, 1.54) is 12.2 Å². The molecule has 0 unspecified atom stereocenters. The Morgan fingerprint density at radius 2 is 0.835 bits per heavy atom. The Kier molecular flexibility index (Phi) is 36.9. The number of aliphatic hydroxyl groups excluding tert-OH is 9. The van der Waals surface area contributed by atoms with Crippen LogP contribution >= 0.6 is 0 Å². The van der Waals surface area contributed by atoms with Gasteiger partial charge >= 0.3 is 11.9 Å². The van der Waals surface area contributed by atoms with E-state index in [1.807, 2.05) is 71.9 Å². The first-order valence-electron chi connectivity index (χ1n) is 36.7. The Morgan fingerprint density at radius 3 is 1.24 bits per heavy atom. The van der Waals surface area contributed by atoms with Crippen molar-refractivity contribution in [1.82, 2.24) is 0 Å². The van der Waals surface area contributed by atoms with Gasteiger partial charge in [-0.05, 0) is 129 Å². The molecule has 2 saturated heterocycles. The summed E-state index contributed by atoms with van der Waals surface area (Å²) < 4.78 is 55.1. The molecule has 0 aromatic carbocycles. The highest BCUT2D eigenvalue weighted by Crippen LogP contribution is 2.36. The van der Waals surface area contributed by atoms with Gasteiger partial charge in [0.2, 0.25) is 0 Å². The second-order valence-electron chi connectivity index (χ2n) is 30.1. The molecule has 20 nitrogen and oxygen atoms in total. The van der Waals surface area contributed by atoms with E-state index >= 15 is 0 Å². The van der Waals surface area contributed by atoms with Gasteiger partial charge in [-0.15, -0.1) is 0 Å². The van der Waals surface area contributed by atoms with Crippen LogP contribution < -0.4 is 0 Å². The molecule has 97 heavy (non-hydrogen) atoms. The molecule has 5 rings (SSSR count). The summed E-state index contributed by atoms with van der Waals surface area (Å²) in [6.07, 6.45) is 12.2. The van der Waals surface area contributed by atoms with Gasteiger partial charge in [0.25, 0.3) is 0 Å². The predicted octanol–water partition coefficient (Wildman–Crippen LogP) is 9.45. The van der Waals surface area contributed by atoms with Crippen LogP contribution in [0.2, 0.25) is 0 Å². The molecule has 0 aromatic heterocycles. The molecule has 4 bridgehead atoms. The van der Waals surface area contributed by atoms with Crippen LogP contribution in [0.5, 0.6) is 0 Å². The van der Waals surface area contributed by atoms with Gasteiger partial charge in [-0.2, -0.15) is 0 Å². The highest BCUT2D eigenvalue weighted by molar-refractivity contribution is 5.83. The molecule has 30 atom stereocenters. The number of ether oxygens (including phenoxy) is 9. The molecule has 5 aliphatic rings. The first-order chi connectivity index (χ1) is 45.9. The number of hydrogen-bond acceptors (Lipinski definition) is 20. The van der Waals surface area contributed by atoms with Crippen molar-refractivity contribution in [3.63, 3.8) is 0 Å². The van der Waals surface area contributed by atoms with E-state index in [9.17, 15) is 55.5 Å². The number of esters is 2. The number of hydrogen-bond donors (Lipinski definition) is 9. The highest BCUT2D eigenvalue weighted by Gasteiger charge is 2.42. The van der Waals surface area contributed by atoms with E-state index in [2.05, 4.69) is 0 Å². The maximum absolute atomic E-state index is 13.9. The zero-order chi connectivity index (χ0) is 71.8. The van der Waals surface area contributed by atoms with Crippen LogP contribution in [0.4, 0.5) is 0 Å². The first kappa shape index (κ1) is 84.4. The van der Waals surface area contributed by atoms with Gasteiger partial charge < -0.3 is 88.6 Å². The molecule has 0 spiro atoms. The lowest BCUT2D eigenvalue weighted by Gasteiger charge is -2.38. The van der Waals surface area contributed by atoms with Gasteiger partial charge in [0, 0.05) is 94.7 Å². The lowest BCUT2D eigenvalue weighted by Crippen LogP contribution is -2.45. The Morgan fingerprint density at radius 1 is 0.454 bits per heavy atom. The van der Waals surface area contributed by atoms with Gasteiger partial charge in [-0.25, -0.2) is 9.59 Å². The quantitative estimate of drug-likeness (QED) is 0.0544. The lowest BCUT2D eigenvalue weighted by atomic mass is 9.78. The average Bonchev–Trinajstić information content (AvgIpc) is 0.870. The number of methoxy groups -OCH3 is 3. The van der Waals surface area contributed by atoms with Crippen LogP contribution in [0.15, 0.2) is 71.9 Å². The smallest absolute Gasteiger partial charge is 0.331 e. The second-order valence-corrected chi connectivity index (χ2v) is 30.1. The van der Waals surface area contributed by atoms with E-state index in [0.29, 0.717) is 56.1 Å². The topological polar surface area (TPSA) is 299 Å². The van der Waals surface area contributed by atoms with Crippen molar-refractivity contribution in [2.24, 2.45) is 47.3 Å². The zero-order valence-electron chi connectivity index (χ0n) is 61.3. The van der Waals surface area contributed by atoms with Crippen molar-refractivity contribution >= 4 is 11.9 Å². The van der Waals surface area contributed by atoms with Crippen molar-refractivity contribution in [1.29, 1.82) is 0 Å². The Hall–Kier alpha value is -3.26. The number of allylic oxidation sites excluding steroid dienone is 4. The van der Waals surface area contributed by atoms with Crippen molar-refractivity contribution < 1.29 is 98.2 Å². The molecule has 2 fully saturated rings. The van der Waals surface area contributed by atoms with Gasteiger partial charge in [0.1, 0.15) is 12.2 Å². The third-order valence-electron chi connectivity index (χ3n) is 22.0. The minimum Gasteiger partial charge on any atom is -0.458 e. The van der Waals surface area contributed by atoms with E-state index in [4.69, 9.17) is 42.6 Å². The summed E-state index contributed by atoms with van der Waals surface area (Å²) in [7, 11) is 4.99. The maximum Gasteiger partial charge on any atom is 0.331 e. The van der Waals surface area contributed by atoms with Crippen molar-refractivity contribution in [2.75, 3.05) is 21.3 Å². The van der Waals surface area contributed by atoms with E-state index in [0.717, 1.165) is 25.7 Å². The van der Waals surface area contributed by atoms with Crippen molar-refractivity contribution in [3.05, 3.63) is 71.9 Å². The molecule has 5 heterocycles. The summed E-state index contributed by atoms with van der Waals surface area (Å²) in [6.45, 7) is 22.2. The molecule has 0 aromatic rings. The van der Waals surface area contributed by atoms with Gasteiger partial charge in [-0.1, -0.05) is 115 Å². The van der Waals surface area contributed by atoms with E-state index in [1.54, 1.807) is 81.1 Å². The number of aliphatic hydroxyl groups is 9. The third kappa shape index (κ3) is 28.1. The lowest BCUT2D eigenvalue weighted by molar-refractivity contribution is -0.158. The second kappa shape index (κ2) is 42.4. The fourth-order valence-electron chi connectivity index (χ4n) is 15.1. The first-order valence-corrected chi connectivity index (χ1v) is 36.7. The van der Waals surface area contributed by atoms with Gasteiger partial charge in [-0.3, -0.25) is 0 Å². The molecule has 5 aliphatic heterocycles.